The Bertz CT molecular complexity index is 822. The SMILES string of the molecule is COCCn1c(-c2ccccc2)csc1=Nc1ccc(Cl)cc1. The van der Waals surface area contributed by atoms with Crippen LogP contribution in [0.4, 0.5) is 5.69 Å². The van der Waals surface area contributed by atoms with Crippen molar-refractivity contribution >= 4 is 28.6 Å². The number of rotatable bonds is 5. The number of hydrogen-bond acceptors (Lipinski definition) is 3. The number of thiazole rings is 1. The van der Waals surface area contributed by atoms with E-state index in [4.69, 9.17) is 21.3 Å². The van der Waals surface area contributed by atoms with Crippen molar-refractivity contribution in [2.24, 2.45) is 4.99 Å². The van der Waals surface area contributed by atoms with Crippen molar-refractivity contribution in [1.82, 2.24) is 4.57 Å². The smallest absolute Gasteiger partial charge is 0.190 e. The van der Waals surface area contributed by atoms with Crippen LogP contribution >= 0.6 is 22.9 Å². The molecule has 2 aromatic carbocycles. The van der Waals surface area contributed by atoms with Gasteiger partial charge in [0, 0.05) is 24.1 Å². The van der Waals surface area contributed by atoms with Gasteiger partial charge in [0.1, 0.15) is 0 Å². The summed E-state index contributed by atoms with van der Waals surface area (Å²) in [5, 5.41) is 2.85. The van der Waals surface area contributed by atoms with E-state index in [1.165, 1.54) is 5.56 Å². The molecule has 0 aliphatic heterocycles. The summed E-state index contributed by atoms with van der Waals surface area (Å²) in [4.78, 5) is 5.70. The molecule has 23 heavy (non-hydrogen) atoms. The molecule has 5 heteroatoms. The second-order valence-corrected chi connectivity index (χ2v) is 6.28. The lowest BCUT2D eigenvalue weighted by molar-refractivity contribution is 0.187. The van der Waals surface area contributed by atoms with Crippen molar-refractivity contribution in [3.63, 3.8) is 0 Å². The van der Waals surface area contributed by atoms with Gasteiger partial charge in [-0.3, -0.25) is 0 Å². The molecule has 0 saturated heterocycles. The van der Waals surface area contributed by atoms with Crippen LogP contribution in [0.25, 0.3) is 11.3 Å². The lowest BCUT2D eigenvalue weighted by atomic mass is 10.2. The first-order chi connectivity index (χ1) is 11.3. The van der Waals surface area contributed by atoms with E-state index < -0.39 is 0 Å². The number of nitrogens with zero attached hydrogens (tertiary/aromatic N) is 2. The highest BCUT2D eigenvalue weighted by Gasteiger charge is 2.07. The van der Waals surface area contributed by atoms with E-state index in [0.29, 0.717) is 11.6 Å². The molecule has 1 aromatic heterocycles. The molecule has 3 nitrogen and oxygen atoms in total. The standard InChI is InChI=1S/C18H17ClN2OS/c1-22-12-11-21-17(14-5-3-2-4-6-14)13-23-18(21)20-16-9-7-15(19)8-10-16/h2-10,13H,11-12H2,1H3. The molecular weight excluding hydrogens is 328 g/mol. The van der Waals surface area contributed by atoms with Crippen molar-refractivity contribution in [3.05, 3.63) is 69.8 Å². The Hall–Kier alpha value is -1.88. The van der Waals surface area contributed by atoms with Crippen molar-refractivity contribution in [2.75, 3.05) is 13.7 Å². The second-order valence-electron chi connectivity index (χ2n) is 5.00. The van der Waals surface area contributed by atoms with Crippen LogP contribution in [0.5, 0.6) is 0 Å². The van der Waals surface area contributed by atoms with Crippen LogP contribution in [0.1, 0.15) is 0 Å². The van der Waals surface area contributed by atoms with Gasteiger partial charge < -0.3 is 9.30 Å². The number of halogens is 1. The number of benzene rings is 2. The van der Waals surface area contributed by atoms with E-state index in [9.17, 15) is 0 Å². The van der Waals surface area contributed by atoms with Gasteiger partial charge in [0.2, 0.25) is 0 Å². The molecule has 0 amide bonds. The van der Waals surface area contributed by atoms with Crippen LogP contribution in [0, 0.1) is 0 Å². The average molecular weight is 345 g/mol. The van der Waals surface area contributed by atoms with Crippen molar-refractivity contribution in [2.45, 2.75) is 6.54 Å². The normalized spacial score (nSPS) is 11.8. The quantitative estimate of drug-likeness (QED) is 0.656. The van der Waals surface area contributed by atoms with E-state index in [1.54, 1.807) is 18.4 Å². The third-order valence-electron chi connectivity index (χ3n) is 3.44. The fourth-order valence-electron chi connectivity index (χ4n) is 2.28. The highest BCUT2D eigenvalue weighted by molar-refractivity contribution is 7.07. The Labute approximate surface area is 144 Å². The minimum absolute atomic E-state index is 0.643. The van der Waals surface area contributed by atoms with Crippen LogP contribution in [0.3, 0.4) is 0 Å². The molecule has 118 valence electrons. The summed E-state index contributed by atoms with van der Waals surface area (Å²) in [6, 6.07) is 17.9. The third kappa shape index (κ3) is 3.91. The Balaban J connectivity index is 2.06. The summed E-state index contributed by atoms with van der Waals surface area (Å²) < 4.78 is 7.44. The van der Waals surface area contributed by atoms with E-state index in [2.05, 4.69) is 22.1 Å². The van der Waals surface area contributed by atoms with Gasteiger partial charge in [0.05, 0.1) is 18.0 Å². The molecule has 3 aromatic rings. The van der Waals surface area contributed by atoms with Crippen LogP contribution in [-0.2, 0) is 11.3 Å². The van der Waals surface area contributed by atoms with Gasteiger partial charge in [-0.15, -0.1) is 11.3 Å². The number of ether oxygens (including phenoxy) is 1. The molecular formula is C18H17ClN2OS. The maximum Gasteiger partial charge on any atom is 0.190 e. The second kappa shape index (κ2) is 7.59. The molecule has 0 saturated carbocycles. The van der Waals surface area contributed by atoms with Crippen molar-refractivity contribution in [1.29, 1.82) is 0 Å². The summed E-state index contributed by atoms with van der Waals surface area (Å²) >= 11 is 7.57. The Kier molecular flexibility index (Phi) is 5.28. The van der Waals surface area contributed by atoms with Gasteiger partial charge in [-0.1, -0.05) is 41.9 Å². The number of methoxy groups -OCH3 is 1. The van der Waals surface area contributed by atoms with Gasteiger partial charge in [0.25, 0.3) is 0 Å². The summed E-state index contributed by atoms with van der Waals surface area (Å²) in [5.74, 6) is 0. The lowest BCUT2D eigenvalue weighted by Gasteiger charge is -2.08. The average Bonchev–Trinajstić information content (AvgIpc) is 2.98. The van der Waals surface area contributed by atoms with Gasteiger partial charge >= 0.3 is 0 Å². The van der Waals surface area contributed by atoms with E-state index >= 15 is 0 Å². The number of aromatic nitrogens is 1. The summed E-state index contributed by atoms with van der Waals surface area (Å²) in [5.41, 5.74) is 3.22. The van der Waals surface area contributed by atoms with Gasteiger partial charge in [0.15, 0.2) is 4.80 Å². The predicted molar refractivity (Wildman–Crippen MR) is 96.3 cm³/mol. The molecule has 0 radical (unpaired) electrons. The fraction of sp³-hybridized carbons (Fsp3) is 0.167. The molecule has 0 spiro atoms. The first-order valence-electron chi connectivity index (χ1n) is 7.31. The largest absolute Gasteiger partial charge is 0.383 e. The molecule has 0 bridgehead atoms. The molecule has 0 unspecified atom stereocenters. The van der Waals surface area contributed by atoms with Gasteiger partial charge in [-0.25, -0.2) is 4.99 Å². The van der Waals surface area contributed by atoms with E-state index in [1.807, 2.05) is 42.5 Å². The topological polar surface area (TPSA) is 26.5 Å². The molecule has 0 atom stereocenters. The first-order valence-corrected chi connectivity index (χ1v) is 8.56. The van der Waals surface area contributed by atoms with Crippen molar-refractivity contribution < 1.29 is 4.74 Å². The fourth-order valence-corrected chi connectivity index (χ4v) is 3.36. The first kappa shape index (κ1) is 16.0. The molecule has 0 aliphatic rings. The molecule has 1 heterocycles. The maximum atomic E-state index is 5.94. The maximum absolute atomic E-state index is 5.94. The molecule has 0 fully saturated rings. The number of hydrogen-bond donors (Lipinski definition) is 0. The van der Waals surface area contributed by atoms with Gasteiger partial charge in [-0.05, 0) is 29.8 Å². The Morgan fingerprint density at radius 2 is 1.83 bits per heavy atom. The van der Waals surface area contributed by atoms with Crippen molar-refractivity contribution in [3.8, 4) is 11.3 Å². The zero-order valence-electron chi connectivity index (χ0n) is 12.8. The Morgan fingerprint density at radius 3 is 2.52 bits per heavy atom. The molecule has 3 rings (SSSR count). The zero-order valence-corrected chi connectivity index (χ0v) is 14.3. The van der Waals surface area contributed by atoms with Crippen LogP contribution in [-0.4, -0.2) is 18.3 Å². The highest BCUT2D eigenvalue weighted by atomic mass is 35.5. The highest BCUT2D eigenvalue weighted by Crippen LogP contribution is 2.21. The zero-order chi connectivity index (χ0) is 16.1. The minimum atomic E-state index is 0.643. The van der Waals surface area contributed by atoms with E-state index in [-0.39, 0.29) is 0 Å². The van der Waals surface area contributed by atoms with Crippen LogP contribution in [0.15, 0.2) is 65.0 Å². The van der Waals surface area contributed by atoms with Crippen LogP contribution in [0.2, 0.25) is 5.02 Å². The van der Waals surface area contributed by atoms with Crippen LogP contribution < -0.4 is 4.80 Å². The third-order valence-corrected chi connectivity index (χ3v) is 4.55. The lowest BCUT2D eigenvalue weighted by Crippen LogP contribution is -2.18. The summed E-state index contributed by atoms with van der Waals surface area (Å²) in [7, 11) is 1.71. The summed E-state index contributed by atoms with van der Waals surface area (Å²) in [6.07, 6.45) is 0. The van der Waals surface area contributed by atoms with E-state index in [0.717, 1.165) is 22.7 Å². The monoisotopic (exact) mass is 344 g/mol. The summed E-state index contributed by atoms with van der Waals surface area (Å²) in [6.45, 7) is 1.40. The Morgan fingerprint density at radius 1 is 1.09 bits per heavy atom. The predicted octanol–water partition coefficient (Wildman–Crippen LogP) is 4.75. The molecule has 0 aliphatic carbocycles. The molecule has 0 N–H and O–H groups in total. The van der Waals surface area contributed by atoms with Gasteiger partial charge in [-0.2, -0.15) is 0 Å². The minimum Gasteiger partial charge on any atom is -0.383 e.